The van der Waals surface area contributed by atoms with Gasteiger partial charge in [-0.15, -0.1) is 0 Å². The van der Waals surface area contributed by atoms with Crippen molar-refractivity contribution >= 4 is 11.6 Å². The van der Waals surface area contributed by atoms with Gasteiger partial charge in [0.15, 0.2) is 0 Å². The molecular weight excluding hydrogens is 274 g/mol. The van der Waals surface area contributed by atoms with Crippen molar-refractivity contribution in [1.82, 2.24) is 5.32 Å². The molecule has 1 heterocycles. The first-order valence-corrected chi connectivity index (χ1v) is 8.41. The Morgan fingerprint density at radius 1 is 1.36 bits per heavy atom. The van der Waals surface area contributed by atoms with Crippen LogP contribution in [0, 0.1) is 5.41 Å². The Balaban J connectivity index is 1.93. The smallest absolute Gasteiger partial charge is 0.227 e. The molecule has 4 nitrogen and oxygen atoms in total. The summed E-state index contributed by atoms with van der Waals surface area (Å²) in [6.45, 7) is 8.24. The minimum atomic E-state index is -0.408. The second kappa shape index (κ2) is 7.14. The van der Waals surface area contributed by atoms with E-state index in [2.05, 4.69) is 41.4 Å². The van der Waals surface area contributed by atoms with Crippen LogP contribution in [0.3, 0.4) is 0 Å². The molecule has 4 heteroatoms. The summed E-state index contributed by atoms with van der Waals surface area (Å²) >= 11 is 0. The molecule has 0 aliphatic carbocycles. The lowest BCUT2D eigenvalue weighted by molar-refractivity contribution is -0.130. The van der Waals surface area contributed by atoms with Crippen LogP contribution in [-0.2, 0) is 11.2 Å². The molecule has 122 valence electrons. The van der Waals surface area contributed by atoms with E-state index in [-0.39, 0.29) is 5.91 Å². The third kappa shape index (κ3) is 3.12. The summed E-state index contributed by atoms with van der Waals surface area (Å²) in [7, 11) is 0. The van der Waals surface area contributed by atoms with E-state index in [0.717, 1.165) is 25.8 Å². The molecule has 1 aliphatic heterocycles. The lowest BCUT2D eigenvalue weighted by Crippen LogP contribution is -2.47. The number of amides is 1. The average Bonchev–Trinajstić information content (AvgIpc) is 2.85. The van der Waals surface area contributed by atoms with Gasteiger partial charge >= 0.3 is 0 Å². The topological polar surface area (TPSA) is 58.4 Å². The fraction of sp³-hybridized carbons (Fsp3) is 0.611. The summed E-state index contributed by atoms with van der Waals surface area (Å²) in [4.78, 5) is 14.8. The van der Waals surface area contributed by atoms with E-state index in [1.54, 1.807) is 0 Å². The highest BCUT2D eigenvalue weighted by molar-refractivity contribution is 5.82. The van der Waals surface area contributed by atoms with Gasteiger partial charge in [-0.3, -0.25) is 4.79 Å². The number of carbonyl (C=O) groups excluding carboxylic acids is 1. The highest BCUT2D eigenvalue weighted by Gasteiger charge is 2.33. The number of fused-ring (bicyclic) bond motifs is 1. The maximum Gasteiger partial charge on any atom is 0.227 e. The number of hydrogen-bond donors (Lipinski definition) is 2. The minimum absolute atomic E-state index is 0.0973. The maximum absolute atomic E-state index is 12.4. The Morgan fingerprint density at radius 2 is 2.05 bits per heavy atom. The summed E-state index contributed by atoms with van der Waals surface area (Å²) < 4.78 is 0. The van der Waals surface area contributed by atoms with Crippen molar-refractivity contribution in [3.8, 4) is 0 Å². The Kier molecular flexibility index (Phi) is 5.46. The number of para-hydroxylation sites is 1. The van der Waals surface area contributed by atoms with Crippen LogP contribution in [0.15, 0.2) is 24.3 Å². The standard InChI is InChI=1S/C18H29N3O/c1-4-18(5-2,13-19)17(22)20-10-11-21-14(3)12-15-8-6-7-9-16(15)21/h6-9,14H,4-5,10-13,19H2,1-3H3,(H,20,22). The normalized spacial score (nSPS) is 17.5. The minimum Gasteiger partial charge on any atom is -0.367 e. The predicted octanol–water partition coefficient (Wildman–Crippen LogP) is 2.32. The van der Waals surface area contributed by atoms with Crippen molar-refractivity contribution in [1.29, 1.82) is 0 Å². The molecule has 0 aromatic heterocycles. The molecule has 1 amide bonds. The second-order valence-corrected chi connectivity index (χ2v) is 6.32. The molecule has 1 atom stereocenters. The third-order valence-electron chi connectivity index (χ3n) is 5.21. The molecule has 0 fully saturated rings. The first-order chi connectivity index (χ1) is 10.6. The zero-order chi connectivity index (χ0) is 16.2. The molecule has 0 spiro atoms. The van der Waals surface area contributed by atoms with E-state index in [4.69, 9.17) is 5.73 Å². The molecule has 0 radical (unpaired) electrons. The van der Waals surface area contributed by atoms with Crippen LogP contribution in [0.1, 0.15) is 39.2 Å². The Bertz CT molecular complexity index is 503. The fourth-order valence-corrected chi connectivity index (χ4v) is 3.40. The number of rotatable bonds is 7. The van der Waals surface area contributed by atoms with Crippen LogP contribution in [0.4, 0.5) is 5.69 Å². The van der Waals surface area contributed by atoms with Gasteiger partial charge in [0.25, 0.3) is 0 Å². The van der Waals surface area contributed by atoms with Crippen molar-refractivity contribution in [2.45, 2.75) is 46.1 Å². The quantitative estimate of drug-likeness (QED) is 0.813. The van der Waals surface area contributed by atoms with Gasteiger partial charge < -0.3 is 16.0 Å². The second-order valence-electron chi connectivity index (χ2n) is 6.32. The SMILES string of the molecule is CCC(CC)(CN)C(=O)NCCN1c2ccccc2CC1C. The molecule has 1 aromatic rings. The van der Waals surface area contributed by atoms with E-state index >= 15 is 0 Å². The van der Waals surface area contributed by atoms with Crippen LogP contribution < -0.4 is 16.0 Å². The van der Waals surface area contributed by atoms with Gasteiger partial charge in [0.05, 0.1) is 5.41 Å². The number of hydrogen-bond acceptors (Lipinski definition) is 3. The predicted molar refractivity (Wildman–Crippen MR) is 92.0 cm³/mol. The Hall–Kier alpha value is -1.55. The highest BCUT2D eigenvalue weighted by atomic mass is 16.2. The third-order valence-corrected chi connectivity index (χ3v) is 5.21. The molecule has 1 unspecified atom stereocenters. The summed E-state index contributed by atoms with van der Waals surface area (Å²) in [6.07, 6.45) is 2.66. The van der Waals surface area contributed by atoms with Gasteiger partial charge in [0.1, 0.15) is 0 Å². The summed E-state index contributed by atoms with van der Waals surface area (Å²) in [5.41, 5.74) is 8.14. The molecule has 0 saturated heterocycles. The Morgan fingerprint density at radius 3 is 2.68 bits per heavy atom. The molecule has 3 N–H and O–H groups in total. The van der Waals surface area contributed by atoms with Crippen molar-refractivity contribution in [2.24, 2.45) is 11.1 Å². The number of carbonyl (C=O) groups is 1. The van der Waals surface area contributed by atoms with E-state index in [0.29, 0.717) is 19.1 Å². The van der Waals surface area contributed by atoms with Crippen LogP contribution in [0.2, 0.25) is 0 Å². The zero-order valence-corrected chi connectivity index (χ0v) is 14.1. The van der Waals surface area contributed by atoms with E-state index in [1.165, 1.54) is 11.3 Å². The maximum atomic E-state index is 12.4. The van der Waals surface area contributed by atoms with Crippen LogP contribution in [0.25, 0.3) is 0 Å². The summed E-state index contributed by atoms with van der Waals surface area (Å²) in [5, 5.41) is 3.09. The first kappa shape index (κ1) is 16.8. The number of nitrogens with two attached hydrogens (primary N) is 1. The molecular formula is C18H29N3O. The lowest BCUT2D eigenvalue weighted by Gasteiger charge is -2.30. The van der Waals surface area contributed by atoms with E-state index in [9.17, 15) is 4.79 Å². The van der Waals surface area contributed by atoms with Crippen molar-refractivity contribution in [3.05, 3.63) is 29.8 Å². The Labute approximate surface area is 134 Å². The summed E-state index contributed by atoms with van der Waals surface area (Å²) in [5.74, 6) is 0.0973. The molecule has 1 aliphatic rings. The molecule has 1 aromatic carbocycles. The zero-order valence-electron chi connectivity index (χ0n) is 14.1. The highest BCUT2D eigenvalue weighted by Crippen LogP contribution is 2.31. The van der Waals surface area contributed by atoms with E-state index in [1.807, 2.05) is 13.8 Å². The number of nitrogens with one attached hydrogen (secondary N) is 1. The monoisotopic (exact) mass is 303 g/mol. The molecule has 2 rings (SSSR count). The molecule has 0 saturated carbocycles. The van der Waals surface area contributed by atoms with Crippen molar-refractivity contribution in [2.75, 3.05) is 24.5 Å². The largest absolute Gasteiger partial charge is 0.367 e. The van der Waals surface area contributed by atoms with Gasteiger partial charge in [-0.1, -0.05) is 32.0 Å². The lowest BCUT2D eigenvalue weighted by atomic mass is 9.81. The number of benzene rings is 1. The number of anilines is 1. The average molecular weight is 303 g/mol. The molecule has 0 bridgehead atoms. The van der Waals surface area contributed by atoms with E-state index < -0.39 is 5.41 Å². The van der Waals surface area contributed by atoms with Gasteiger partial charge in [-0.05, 0) is 37.8 Å². The van der Waals surface area contributed by atoms with Crippen LogP contribution >= 0.6 is 0 Å². The van der Waals surface area contributed by atoms with Gasteiger partial charge in [-0.25, -0.2) is 0 Å². The van der Waals surface area contributed by atoms with Gasteiger partial charge in [0, 0.05) is 31.4 Å². The molecule has 22 heavy (non-hydrogen) atoms. The van der Waals surface area contributed by atoms with Crippen molar-refractivity contribution < 1.29 is 4.79 Å². The summed E-state index contributed by atoms with van der Waals surface area (Å²) in [6, 6.07) is 9.03. The van der Waals surface area contributed by atoms with Crippen LogP contribution in [-0.4, -0.2) is 31.6 Å². The van der Waals surface area contributed by atoms with Crippen LogP contribution in [0.5, 0.6) is 0 Å². The van der Waals surface area contributed by atoms with Crippen molar-refractivity contribution in [3.63, 3.8) is 0 Å². The van der Waals surface area contributed by atoms with Gasteiger partial charge in [-0.2, -0.15) is 0 Å². The fourth-order valence-electron chi connectivity index (χ4n) is 3.40. The first-order valence-electron chi connectivity index (χ1n) is 8.41. The number of nitrogens with zero attached hydrogens (tertiary/aromatic N) is 1. The van der Waals surface area contributed by atoms with Gasteiger partial charge in [0.2, 0.25) is 5.91 Å².